The maximum Gasteiger partial charge on any atom is 0.142 e. The Bertz CT molecular complexity index is 875. The molecule has 0 unspecified atom stereocenters. The summed E-state index contributed by atoms with van der Waals surface area (Å²) in [6.45, 7) is 4.49. The molecule has 0 saturated heterocycles. The zero-order chi connectivity index (χ0) is 16.0. The number of rotatable bonds is 1. The standard InChI is InChI=1S/C19H16BrN3/c1-19(2)14-6-5-11-22-18(14)23(17-7-3-4-10-21-17)16-9-8-13(20)12-15(16)19/h3-12H,1-2H3. The van der Waals surface area contributed by atoms with E-state index in [1.54, 1.807) is 0 Å². The van der Waals surface area contributed by atoms with Gasteiger partial charge in [-0.3, -0.25) is 4.90 Å². The van der Waals surface area contributed by atoms with E-state index in [1.807, 2.05) is 36.7 Å². The lowest BCUT2D eigenvalue weighted by Gasteiger charge is -2.40. The van der Waals surface area contributed by atoms with Gasteiger partial charge in [0.15, 0.2) is 0 Å². The van der Waals surface area contributed by atoms with Crippen molar-refractivity contribution in [2.24, 2.45) is 0 Å². The van der Waals surface area contributed by atoms with Crippen LogP contribution in [0.5, 0.6) is 0 Å². The molecule has 114 valence electrons. The molecular formula is C19H16BrN3. The van der Waals surface area contributed by atoms with Crippen molar-refractivity contribution < 1.29 is 0 Å². The molecule has 2 aromatic heterocycles. The number of pyridine rings is 2. The summed E-state index contributed by atoms with van der Waals surface area (Å²) in [5, 5.41) is 0. The summed E-state index contributed by atoms with van der Waals surface area (Å²) in [6.07, 6.45) is 3.66. The van der Waals surface area contributed by atoms with Crippen LogP contribution in [0.2, 0.25) is 0 Å². The molecule has 0 spiro atoms. The minimum atomic E-state index is -0.117. The molecule has 3 heterocycles. The number of halogens is 1. The monoisotopic (exact) mass is 365 g/mol. The van der Waals surface area contributed by atoms with E-state index in [0.717, 1.165) is 21.8 Å². The zero-order valence-electron chi connectivity index (χ0n) is 13.0. The fourth-order valence-electron chi connectivity index (χ4n) is 3.24. The minimum Gasteiger partial charge on any atom is -0.278 e. The van der Waals surface area contributed by atoms with Crippen molar-refractivity contribution in [3.63, 3.8) is 0 Å². The molecule has 3 aromatic rings. The molecule has 4 rings (SSSR count). The van der Waals surface area contributed by atoms with Crippen LogP contribution in [0.1, 0.15) is 25.0 Å². The molecule has 3 nitrogen and oxygen atoms in total. The molecule has 0 saturated carbocycles. The molecule has 1 aliphatic heterocycles. The smallest absolute Gasteiger partial charge is 0.142 e. The van der Waals surface area contributed by atoms with Crippen LogP contribution < -0.4 is 4.90 Å². The Morgan fingerprint density at radius 1 is 0.913 bits per heavy atom. The Kier molecular flexibility index (Phi) is 3.23. The van der Waals surface area contributed by atoms with Crippen LogP contribution in [0.3, 0.4) is 0 Å². The number of anilines is 3. The van der Waals surface area contributed by atoms with E-state index in [-0.39, 0.29) is 5.41 Å². The Morgan fingerprint density at radius 3 is 2.52 bits per heavy atom. The normalized spacial score (nSPS) is 15.0. The maximum absolute atomic E-state index is 4.67. The fourth-order valence-corrected chi connectivity index (χ4v) is 3.61. The zero-order valence-corrected chi connectivity index (χ0v) is 14.6. The molecule has 0 radical (unpaired) electrons. The molecule has 0 bridgehead atoms. The van der Waals surface area contributed by atoms with Crippen molar-refractivity contribution in [2.45, 2.75) is 19.3 Å². The van der Waals surface area contributed by atoms with Crippen LogP contribution >= 0.6 is 15.9 Å². The molecule has 0 atom stereocenters. The lowest BCUT2D eigenvalue weighted by Crippen LogP contribution is -2.31. The summed E-state index contributed by atoms with van der Waals surface area (Å²) < 4.78 is 1.08. The Morgan fingerprint density at radius 2 is 1.74 bits per heavy atom. The third kappa shape index (κ3) is 2.17. The Balaban J connectivity index is 2.06. The lowest BCUT2D eigenvalue weighted by molar-refractivity contribution is 0.626. The Hall–Kier alpha value is -2.20. The first-order chi connectivity index (χ1) is 11.1. The summed E-state index contributed by atoms with van der Waals surface area (Å²) in [7, 11) is 0. The van der Waals surface area contributed by atoms with Gasteiger partial charge in [-0.2, -0.15) is 0 Å². The summed E-state index contributed by atoms with van der Waals surface area (Å²) >= 11 is 3.61. The van der Waals surface area contributed by atoms with Gasteiger partial charge >= 0.3 is 0 Å². The van der Waals surface area contributed by atoms with E-state index < -0.39 is 0 Å². The number of nitrogens with zero attached hydrogens (tertiary/aromatic N) is 3. The number of benzene rings is 1. The molecule has 1 aromatic carbocycles. The van der Waals surface area contributed by atoms with Crippen LogP contribution in [0, 0.1) is 0 Å². The number of hydrogen-bond acceptors (Lipinski definition) is 3. The summed E-state index contributed by atoms with van der Waals surface area (Å²) in [5.74, 6) is 1.83. The third-order valence-electron chi connectivity index (χ3n) is 4.42. The highest BCUT2D eigenvalue weighted by atomic mass is 79.9. The van der Waals surface area contributed by atoms with Gasteiger partial charge in [-0.1, -0.05) is 41.9 Å². The summed E-state index contributed by atoms with van der Waals surface area (Å²) in [6, 6.07) is 16.5. The predicted molar refractivity (Wildman–Crippen MR) is 96.5 cm³/mol. The summed E-state index contributed by atoms with van der Waals surface area (Å²) in [5.41, 5.74) is 3.48. The molecule has 1 aliphatic rings. The molecule has 4 heteroatoms. The van der Waals surface area contributed by atoms with E-state index in [1.165, 1.54) is 11.1 Å². The van der Waals surface area contributed by atoms with Crippen molar-refractivity contribution in [2.75, 3.05) is 4.90 Å². The lowest BCUT2D eigenvalue weighted by atomic mass is 9.75. The van der Waals surface area contributed by atoms with Gasteiger partial charge in [0.25, 0.3) is 0 Å². The van der Waals surface area contributed by atoms with Gasteiger partial charge in [0.1, 0.15) is 11.6 Å². The first-order valence-corrected chi connectivity index (χ1v) is 8.35. The Labute approximate surface area is 144 Å². The first kappa shape index (κ1) is 14.4. The van der Waals surface area contributed by atoms with E-state index in [4.69, 9.17) is 0 Å². The van der Waals surface area contributed by atoms with E-state index >= 15 is 0 Å². The summed E-state index contributed by atoms with van der Waals surface area (Å²) in [4.78, 5) is 11.4. The topological polar surface area (TPSA) is 29.0 Å². The van der Waals surface area contributed by atoms with Crippen molar-refractivity contribution in [1.29, 1.82) is 0 Å². The van der Waals surface area contributed by atoms with Gasteiger partial charge in [-0.25, -0.2) is 9.97 Å². The van der Waals surface area contributed by atoms with E-state index in [0.29, 0.717) is 0 Å². The number of hydrogen-bond donors (Lipinski definition) is 0. The van der Waals surface area contributed by atoms with Gasteiger partial charge < -0.3 is 0 Å². The highest BCUT2D eigenvalue weighted by Gasteiger charge is 2.38. The average Bonchev–Trinajstić information content (AvgIpc) is 2.57. The largest absolute Gasteiger partial charge is 0.278 e. The average molecular weight is 366 g/mol. The second kappa shape index (κ2) is 5.17. The van der Waals surface area contributed by atoms with Crippen molar-refractivity contribution >= 4 is 33.3 Å². The fraction of sp³-hybridized carbons (Fsp3) is 0.158. The van der Waals surface area contributed by atoms with Crippen LogP contribution in [0.15, 0.2) is 65.4 Å². The van der Waals surface area contributed by atoms with Crippen LogP contribution in [0.25, 0.3) is 0 Å². The minimum absolute atomic E-state index is 0.117. The molecule has 0 aliphatic carbocycles. The van der Waals surface area contributed by atoms with Crippen LogP contribution in [0.4, 0.5) is 17.3 Å². The van der Waals surface area contributed by atoms with Crippen LogP contribution in [-0.4, -0.2) is 9.97 Å². The number of fused-ring (bicyclic) bond motifs is 2. The SMILES string of the molecule is CC1(C)c2cc(Br)ccc2N(c2ccccn2)c2ncccc21. The molecule has 0 fully saturated rings. The van der Waals surface area contributed by atoms with Gasteiger partial charge in [-0.15, -0.1) is 0 Å². The molecule has 23 heavy (non-hydrogen) atoms. The second-order valence-electron chi connectivity index (χ2n) is 6.18. The van der Waals surface area contributed by atoms with E-state index in [9.17, 15) is 0 Å². The first-order valence-electron chi connectivity index (χ1n) is 7.56. The van der Waals surface area contributed by atoms with Crippen LogP contribution in [-0.2, 0) is 5.41 Å². The molecular weight excluding hydrogens is 350 g/mol. The van der Waals surface area contributed by atoms with Gasteiger partial charge in [0.2, 0.25) is 0 Å². The van der Waals surface area contributed by atoms with Gasteiger partial charge in [-0.05, 0) is 42.0 Å². The highest BCUT2D eigenvalue weighted by Crippen LogP contribution is 2.50. The van der Waals surface area contributed by atoms with E-state index in [2.05, 4.69) is 68.9 Å². The van der Waals surface area contributed by atoms with Gasteiger partial charge in [0, 0.05) is 27.8 Å². The third-order valence-corrected chi connectivity index (χ3v) is 4.92. The number of aromatic nitrogens is 2. The maximum atomic E-state index is 4.67. The predicted octanol–water partition coefficient (Wildman–Crippen LogP) is 5.35. The molecule has 0 N–H and O–H groups in total. The highest BCUT2D eigenvalue weighted by molar-refractivity contribution is 9.10. The van der Waals surface area contributed by atoms with Crippen molar-refractivity contribution in [3.05, 3.63) is 76.5 Å². The van der Waals surface area contributed by atoms with Crippen molar-refractivity contribution in [1.82, 2.24) is 9.97 Å². The van der Waals surface area contributed by atoms with Gasteiger partial charge in [0.05, 0.1) is 5.69 Å². The van der Waals surface area contributed by atoms with Crippen molar-refractivity contribution in [3.8, 4) is 0 Å². The second-order valence-corrected chi connectivity index (χ2v) is 7.10. The quantitative estimate of drug-likeness (QED) is 0.582. The molecule has 0 amide bonds.